The first-order chi connectivity index (χ1) is 13.0. The summed E-state index contributed by atoms with van der Waals surface area (Å²) in [5.41, 5.74) is 3.58. The van der Waals surface area contributed by atoms with Crippen LogP contribution in [0.2, 0.25) is 0 Å². The molecule has 0 fully saturated rings. The van der Waals surface area contributed by atoms with E-state index >= 15 is 0 Å². The number of fused-ring (bicyclic) bond motifs is 2. The summed E-state index contributed by atoms with van der Waals surface area (Å²) < 4.78 is 16.6. The van der Waals surface area contributed by atoms with Gasteiger partial charge in [0, 0.05) is 21.5 Å². The van der Waals surface area contributed by atoms with Crippen molar-refractivity contribution < 1.29 is 18.7 Å². The Bertz CT molecular complexity index is 1100. The van der Waals surface area contributed by atoms with E-state index in [4.69, 9.17) is 13.9 Å². The molecule has 4 rings (SSSR count). The van der Waals surface area contributed by atoms with Crippen molar-refractivity contribution in [1.82, 2.24) is 0 Å². The number of hydrogen-bond donors (Lipinski definition) is 0. The number of aryl methyl sites for hydroxylation is 2. The van der Waals surface area contributed by atoms with E-state index in [1.165, 1.54) is 24.3 Å². The summed E-state index contributed by atoms with van der Waals surface area (Å²) in [5, 5.41) is 0.813. The van der Waals surface area contributed by atoms with Gasteiger partial charge in [0.1, 0.15) is 17.9 Å². The maximum absolute atomic E-state index is 12.5. The number of halogens is 1. The second-order valence-electron chi connectivity index (χ2n) is 6.48. The second kappa shape index (κ2) is 7.19. The fourth-order valence-electron chi connectivity index (χ4n) is 3.42. The first-order valence-electron chi connectivity index (χ1n) is 8.64. The van der Waals surface area contributed by atoms with Crippen LogP contribution in [0.25, 0.3) is 11.0 Å². The van der Waals surface area contributed by atoms with Gasteiger partial charge in [0.05, 0.1) is 12.7 Å². The molecule has 1 heterocycles. The molecule has 3 aromatic rings. The molecular weight excluding hydrogens is 412 g/mol. The molecule has 27 heavy (non-hydrogen) atoms. The Balaban J connectivity index is 1.64. The van der Waals surface area contributed by atoms with Gasteiger partial charge in [-0.1, -0.05) is 0 Å². The largest absolute Gasteiger partial charge is 0.497 e. The van der Waals surface area contributed by atoms with Crippen LogP contribution < -0.4 is 10.4 Å². The summed E-state index contributed by atoms with van der Waals surface area (Å²) in [4.78, 5) is 24.4. The lowest BCUT2D eigenvalue weighted by atomic mass is 10.0. The highest BCUT2D eigenvalue weighted by molar-refractivity contribution is 9.10. The number of ether oxygens (including phenoxy) is 2. The zero-order chi connectivity index (χ0) is 19.0. The van der Waals surface area contributed by atoms with Crippen LogP contribution in [0.15, 0.2) is 50.1 Å². The molecule has 0 atom stereocenters. The molecule has 0 saturated carbocycles. The van der Waals surface area contributed by atoms with Gasteiger partial charge in [0.2, 0.25) is 0 Å². The maximum Gasteiger partial charge on any atom is 0.339 e. The van der Waals surface area contributed by atoms with Gasteiger partial charge in [0.25, 0.3) is 0 Å². The summed E-state index contributed by atoms with van der Waals surface area (Å²) >= 11 is 3.35. The van der Waals surface area contributed by atoms with Crippen LogP contribution >= 0.6 is 15.9 Å². The van der Waals surface area contributed by atoms with Crippen LogP contribution in [0.5, 0.6) is 5.75 Å². The first kappa shape index (κ1) is 17.8. The predicted molar refractivity (Wildman–Crippen MR) is 104 cm³/mol. The fraction of sp³-hybridized carbons (Fsp3) is 0.238. The third-order valence-electron chi connectivity index (χ3n) is 4.79. The lowest BCUT2D eigenvalue weighted by Gasteiger charge is -2.10. The summed E-state index contributed by atoms with van der Waals surface area (Å²) in [7, 11) is 1.53. The molecule has 1 aliphatic rings. The predicted octanol–water partition coefficient (Wildman–Crippen LogP) is 4.41. The first-order valence-corrected chi connectivity index (χ1v) is 9.43. The summed E-state index contributed by atoms with van der Waals surface area (Å²) in [6.45, 7) is -0.0105. The zero-order valence-corrected chi connectivity index (χ0v) is 16.3. The molecule has 0 radical (unpaired) electrons. The van der Waals surface area contributed by atoms with Gasteiger partial charge in [-0.3, -0.25) is 0 Å². The Morgan fingerprint density at radius 1 is 1.15 bits per heavy atom. The van der Waals surface area contributed by atoms with Crippen LogP contribution in [0, 0.1) is 0 Å². The Morgan fingerprint density at radius 2 is 1.93 bits per heavy atom. The van der Waals surface area contributed by atoms with Crippen molar-refractivity contribution in [3.63, 3.8) is 0 Å². The highest BCUT2D eigenvalue weighted by Gasteiger charge is 2.17. The molecule has 0 unspecified atom stereocenters. The van der Waals surface area contributed by atoms with Gasteiger partial charge < -0.3 is 13.9 Å². The second-order valence-corrected chi connectivity index (χ2v) is 7.34. The molecular formula is C21H17BrO5. The third-order valence-corrected chi connectivity index (χ3v) is 5.49. The molecule has 1 aromatic heterocycles. The molecule has 0 saturated heterocycles. The van der Waals surface area contributed by atoms with Crippen molar-refractivity contribution in [2.75, 3.05) is 7.11 Å². The van der Waals surface area contributed by atoms with Crippen molar-refractivity contribution in [3.05, 3.63) is 73.5 Å². The molecule has 138 valence electrons. The van der Waals surface area contributed by atoms with Gasteiger partial charge in [-0.15, -0.1) is 0 Å². The van der Waals surface area contributed by atoms with Gasteiger partial charge in [0.15, 0.2) is 0 Å². The van der Waals surface area contributed by atoms with E-state index in [1.54, 1.807) is 18.2 Å². The van der Waals surface area contributed by atoms with Gasteiger partial charge in [-0.05, 0) is 76.7 Å². The van der Waals surface area contributed by atoms with E-state index in [1.807, 2.05) is 12.1 Å². The SMILES string of the molecule is COc1ccc(Br)c(C(=O)OCc2cc(=O)oc3cc4c(cc23)CCC4)c1. The summed E-state index contributed by atoms with van der Waals surface area (Å²) in [6.07, 6.45) is 3.11. The fourth-order valence-corrected chi connectivity index (χ4v) is 3.83. The summed E-state index contributed by atoms with van der Waals surface area (Å²) in [5.74, 6) is 0.0647. The van der Waals surface area contributed by atoms with E-state index in [-0.39, 0.29) is 6.61 Å². The Kier molecular flexibility index (Phi) is 4.74. The number of hydrogen-bond acceptors (Lipinski definition) is 5. The maximum atomic E-state index is 12.5. The third kappa shape index (κ3) is 3.49. The van der Waals surface area contributed by atoms with E-state index < -0.39 is 11.6 Å². The molecule has 2 aromatic carbocycles. The van der Waals surface area contributed by atoms with E-state index in [9.17, 15) is 9.59 Å². The van der Waals surface area contributed by atoms with Gasteiger partial charge in [-0.25, -0.2) is 9.59 Å². The quantitative estimate of drug-likeness (QED) is 0.454. The Labute approximate surface area is 164 Å². The Hall–Kier alpha value is -2.60. The minimum Gasteiger partial charge on any atom is -0.497 e. The van der Waals surface area contributed by atoms with Crippen molar-refractivity contribution >= 4 is 32.9 Å². The van der Waals surface area contributed by atoms with Crippen LogP contribution in [0.3, 0.4) is 0 Å². The molecule has 0 N–H and O–H groups in total. The van der Waals surface area contributed by atoms with Gasteiger partial charge >= 0.3 is 11.6 Å². The topological polar surface area (TPSA) is 65.7 Å². The monoisotopic (exact) mass is 428 g/mol. The number of esters is 1. The van der Waals surface area contributed by atoms with Crippen LogP contribution in [-0.4, -0.2) is 13.1 Å². The van der Waals surface area contributed by atoms with Crippen molar-refractivity contribution in [3.8, 4) is 5.75 Å². The van der Waals surface area contributed by atoms with E-state index in [0.29, 0.717) is 26.9 Å². The molecule has 6 heteroatoms. The standard InChI is InChI=1S/C21H17BrO5/c1-25-15-5-6-18(22)17(10-15)21(24)26-11-14-9-20(23)27-19-8-13-4-2-3-12(13)7-16(14)19/h5-10H,2-4,11H2,1H3. The molecule has 0 spiro atoms. The number of carbonyl (C=O) groups is 1. The van der Waals surface area contributed by atoms with Crippen LogP contribution in [0.1, 0.15) is 33.5 Å². The molecule has 0 amide bonds. The zero-order valence-electron chi connectivity index (χ0n) is 14.7. The molecule has 0 aliphatic heterocycles. The average Bonchev–Trinajstić information content (AvgIpc) is 3.11. The number of methoxy groups -OCH3 is 1. The lowest BCUT2D eigenvalue weighted by molar-refractivity contribution is 0.0472. The highest BCUT2D eigenvalue weighted by Crippen LogP contribution is 2.29. The molecule has 1 aliphatic carbocycles. The van der Waals surface area contributed by atoms with Crippen molar-refractivity contribution in [1.29, 1.82) is 0 Å². The summed E-state index contributed by atoms with van der Waals surface area (Å²) in [6, 6.07) is 10.4. The Morgan fingerprint density at radius 3 is 2.70 bits per heavy atom. The van der Waals surface area contributed by atoms with E-state index in [0.717, 1.165) is 24.6 Å². The van der Waals surface area contributed by atoms with Crippen molar-refractivity contribution in [2.24, 2.45) is 0 Å². The van der Waals surface area contributed by atoms with E-state index in [2.05, 4.69) is 15.9 Å². The van der Waals surface area contributed by atoms with Crippen LogP contribution in [0.4, 0.5) is 0 Å². The molecule has 5 nitrogen and oxygen atoms in total. The lowest BCUT2D eigenvalue weighted by Crippen LogP contribution is -2.09. The highest BCUT2D eigenvalue weighted by atomic mass is 79.9. The smallest absolute Gasteiger partial charge is 0.339 e. The van der Waals surface area contributed by atoms with Crippen LogP contribution in [-0.2, 0) is 24.2 Å². The van der Waals surface area contributed by atoms with Gasteiger partial charge in [-0.2, -0.15) is 0 Å². The minimum atomic E-state index is -0.497. The number of benzene rings is 2. The molecule has 0 bridgehead atoms. The van der Waals surface area contributed by atoms with Crippen molar-refractivity contribution in [2.45, 2.75) is 25.9 Å². The normalized spacial score (nSPS) is 12.8. The minimum absolute atomic E-state index is 0.0105. The number of carbonyl (C=O) groups excluding carboxylic acids is 1. The average molecular weight is 429 g/mol. The number of rotatable bonds is 4.